The third-order valence-corrected chi connectivity index (χ3v) is 6.20. The first kappa shape index (κ1) is 20.5. The van der Waals surface area contributed by atoms with Crippen LogP contribution in [0.1, 0.15) is 32.6 Å². The van der Waals surface area contributed by atoms with Crippen molar-refractivity contribution in [3.05, 3.63) is 0 Å². The minimum absolute atomic E-state index is 0.335. The number of rotatable bonds is 6. The van der Waals surface area contributed by atoms with E-state index in [4.69, 9.17) is 14.2 Å². The molecule has 0 aromatic carbocycles. The van der Waals surface area contributed by atoms with E-state index < -0.39 is 0 Å². The summed E-state index contributed by atoms with van der Waals surface area (Å²) < 4.78 is 18.4. The van der Waals surface area contributed by atoms with Gasteiger partial charge in [0.05, 0.1) is 37.6 Å². The number of morpholine rings is 3. The minimum Gasteiger partial charge on any atom is -0.376 e. The molecule has 3 heterocycles. The first-order valence-electron chi connectivity index (χ1n) is 10.5. The summed E-state index contributed by atoms with van der Waals surface area (Å²) in [5.74, 6) is 0. The van der Waals surface area contributed by atoms with Gasteiger partial charge in [-0.25, -0.2) is 0 Å². The average molecular weight is 370 g/mol. The maximum Gasteiger partial charge on any atom is 0.0707 e. The second kappa shape index (κ2) is 9.80. The highest BCUT2D eigenvalue weighted by atomic mass is 16.5. The van der Waals surface area contributed by atoms with Gasteiger partial charge in [-0.3, -0.25) is 4.90 Å². The van der Waals surface area contributed by atoms with Gasteiger partial charge in [0.25, 0.3) is 0 Å². The Morgan fingerprint density at radius 2 is 1.31 bits per heavy atom. The molecule has 152 valence electrons. The lowest BCUT2D eigenvalue weighted by molar-refractivity contribution is -0.103. The summed E-state index contributed by atoms with van der Waals surface area (Å²) in [6.45, 7) is 9.18. The van der Waals surface area contributed by atoms with Gasteiger partial charge in [-0.1, -0.05) is 0 Å². The first-order valence-corrected chi connectivity index (χ1v) is 10.5. The van der Waals surface area contributed by atoms with E-state index in [1.54, 1.807) is 0 Å². The predicted molar refractivity (Wildman–Crippen MR) is 104 cm³/mol. The highest BCUT2D eigenvalue weighted by molar-refractivity contribution is 4.81. The molecule has 3 saturated heterocycles. The second-order valence-electron chi connectivity index (χ2n) is 8.75. The Hall–Kier alpha value is -0.240. The van der Waals surface area contributed by atoms with Crippen LogP contribution >= 0.6 is 0 Å². The van der Waals surface area contributed by atoms with E-state index in [9.17, 15) is 0 Å². The Kier molecular flexibility index (Phi) is 7.73. The first-order chi connectivity index (χ1) is 12.5. The van der Waals surface area contributed by atoms with Crippen molar-refractivity contribution in [2.24, 2.45) is 0 Å². The van der Waals surface area contributed by atoms with Crippen LogP contribution < -0.4 is 0 Å². The molecule has 3 fully saturated rings. The molecule has 3 rings (SSSR count). The largest absolute Gasteiger partial charge is 0.376 e. The molecule has 6 nitrogen and oxygen atoms in total. The van der Waals surface area contributed by atoms with Gasteiger partial charge >= 0.3 is 0 Å². The smallest absolute Gasteiger partial charge is 0.0707 e. The molecule has 0 N–H and O–H groups in total. The number of hydrogen-bond donors (Lipinski definition) is 0. The van der Waals surface area contributed by atoms with Crippen molar-refractivity contribution in [1.29, 1.82) is 0 Å². The van der Waals surface area contributed by atoms with Crippen LogP contribution in [0.25, 0.3) is 0 Å². The van der Waals surface area contributed by atoms with Gasteiger partial charge in [0.1, 0.15) is 0 Å². The molecular weight excluding hydrogens is 330 g/mol. The van der Waals surface area contributed by atoms with Gasteiger partial charge < -0.3 is 24.0 Å². The van der Waals surface area contributed by atoms with Crippen LogP contribution in [0.5, 0.6) is 0 Å². The molecule has 0 spiro atoms. The molecule has 0 saturated carbocycles. The maximum absolute atomic E-state index is 6.43. The van der Waals surface area contributed by atoms with Crippen molar-refractivity contribution >= 4 is 0 Å². The fourth-order valence-corrected chi connectivity index (χ4v) is 4.36. The lowest BCUT2D eigenvalue weighted by Crippen LogP contribution is -2.48. The van der Waals surface area contributed by atoms with E-state index in [0.29, 0.717) is 30.5 Å². The third-order valence-electron chi connectivity index (χ3n) is 6.20. The van der Waals surface area contributed by atoms with Crippen LogP contribution in [0, 0.1) is 0 Å². The molecule has 0 aliphatic carbocycles. The molecule has 3 aliphatic heterocycles. The van der Waals surface area contributed by atoms with Crippen molar-refractivity contribution < 1.29 is 14.2 Å². The summed E-state index contributed by atoms with van der Waals surface area (Å²) in [4.78, 5) is 7.21. The van der Waals surface area contributed by atoms with E-state index in [2.05, 4.69) is 42.8 Å². The van der Waals surface area contributed by atoms with Crippen molar-refractivity contribution in [3.63, 3.8) is 0 Å². The zero-order valence-corrected chi connectivity index (χ0v) is 17.2. The Labute approximate surface area is 159 Å². The molecule has 0 bridgehead atoms. The van der Waals surface area contributed by atoms with Crippen LogP contribution in [-0.4, -0.2) is 112 Å². The molecule has 6 heteroatoms. The predicted octanol–water partition coefficient (Wildman–Crippen LogP) is 1.30. The summed E-state index contributed by atoms with van der Waals surface area (Å²) in [6.07, 6.45) is 5.79. The van der Waals surface area contributed by atoms with Gasteiger partial charge in [-0.15, -0.1) is 0 Å². The molecule has 26 heavy (non-hydrogen) atoms. The highest BCUT2D eigenvalue weighted by Crippen LogP contribution is 2.22. The van der Waals surface area contributed by atoms with E-state index in [1.807, 2.05) is 0 Å². The normalized spacial score (nSPS) is 38.5. The standard InChI is InChI=1S/C20H39N3O3/c1-16-15-25-18(14-23(16)4)6-8-20-13-22(3)12-19(26-20)7-5-17-11-21(2)9-10-24-17/h16-20H,5-15H2,1-4H3/t16?,17-,18?,19+,20-/m0/s1. The van der Waals surface area contributed by atoms with Gasteiger partial charge in [0.15, 0.2) is 0 Å². The fourth-order valence-electron chi connectivity index (χ4n) is 4.36. The SMILES string of the molecule is CC1COC(CC[C@H]2CN(C)C[C@@H](CC[C@H]3CN(C)CCO3)O2)CN1C. The lowest BCUT2D eigenvalue weighted by Gasteiger charge is -2.39. The summed E-state index contributed by atoms with van der Waals surface area (Å²) in [5.41, 5.74) is 0. The van der Waals surface area contributed by atoms with Crippen LogP contribution in [-0.2, 0) is 14.2 Å². The van der Waals surface area contributed by atoms with E-state index in [1.165, 1.54) is 0 Å². The summed E-state index contributed by atoms with van der Waals surface area (Å²) in [7, 11) is 6.60. The molecule has 0 aromatic rings. The highest BCUT2D eigenvalue weighted by Gasteiger charge is 2.29. The summed E-state index contributed by atoms with van der Waals surface area (Å²) in [6, 6.07) is 0.536. The molecule has 0 aromatic heterocycles. The quantitative estimate of drug-likeness (QED) is 0.703. The number of likely N-dealkylation sites (N-methyl/N-ethyl adjacent to an activating group) is 3. The number of hydrogen-bond acceptors (Lipinski definition) is 6. The molecule has 0 amide bonds. The second-order valence-corrected chi connectivity index (χ2v) is 8.75. The molecular formula is C20H39N3O3. The topological polar surface area (TPSA) is 37.4 Å². The molecule has 5 atom stereocenters. The van der Waals surface area contributed by atoms with Crippen molar-refractivity contribution in [2.75, 3.05) is 67.1 Å². The molecule has 0 radical (unpaired) electrons. The van der Waals surface area contributed by atoms with E-state index in [-0.39, 0.29) is 0 Å². The van der Waals surface area contributed by atoms with Crippen molar-refractivity contribution in [3.8, 4) is 0 Å². The fraction of sp³-hybridized carbons (Fsp3) is 1.00. The van der Waals surface area contributed by atoms with Crippen LogP contribution in [0.2, 0.25) is 0 Å². The van der Waals surface area contributed by atoms with E-state index >= 15 is 0 Å². The zero-order chi connectivity index (χ0) is 18.5. The average Bonchev–Trinajstić information content (AvgIpc) is 2.61. The summed E-state index contributed by atoms with van der Waals surface area (Å²) >= 11 is 0. The van der Waals surface area contributed by atoms with Crippen molar-refractivity contribution in [2.45, 2.75) is 63.1 Å². The van der Waals surface area contributed by atoms with Crippen LogP contribution in [0.15, 0.2) is 0 Å². The maximum atomic E-state index is 6.43. The molecule has 3 aliphatic rings. The van der Waals surface area contributed by atoms with Crippen molar-refractivity contribution in [1.82, 2.24) is 14.7 Å². The Bertz CT molecular complexity index is 425. The Morgan fingerprint density at radius 3 is 1.92 bits per heavy atom. The van der Waals surface area contributed by atoms with Crippen LogP contribution in [0.3, 0.4) is 0 Å². The molecule has 2 unspecified atom stereocenters. The van der Waals surface area contributed by atoms with Gasteiger partial charge in [0.2, 0.25) is 0 Å². The van der Waals surface area contributed by atoms with E-state index in [0.717, 1.165) is 71.6 Å². The monoisotopic (exact) mass is 369 g/mol. The zero-order valence-electron chi connectivity index (χ0n) is 17.2. The number of ether oxygens (including phenoxy) is 3. The number of nitrogens with zero attached hydrogens (tertiary/aromatic N) is 3. The Morgan fingerprint density at radius 1 is 0.731 bits per heavy atom. The van der Waals surface area contributed by atoms with Crippen LogP contribution in [0.4, 0.5) is 0 Å². The third kappa shape index (κ3) is 6.14. The Balaban J connectivity index is 1.38. The minimum atomic E-state index is 0.335. The summed E-state index contributed by atoms with van der Waals surface area (Å²) in [5, 5.41) is 0. The lowest BCUT2D eigenvalue weighted by atomic mass is 10.0. The van der Waals surface area contributed by atoms with Gasteiger partial charge in [-0.2, -0.15) is 0 Å². The van der Waals surface area contributed by atoms with Gasteiger partial charge in [-0.05, 0) is 53.8 Å². The van der Waals surface area contributed by atoms with Gasteiger partial charge in [0, 0.05) is 38.8 Å².